The molecule has 2 heteroatoms. The smallest absolute Gasteiger partial charge is 0.225 e. The summed E-state index contributed by atoms with van der Waals surface area (Å²) in [4.78, 5) is 13.9. The largest absolute Gasteiger partial charge is 0.340 e. The highest BCUT2D eigenvalue weighted by atomic mass is 16.2. The van der Waals surface area contributed by atoms with Gasteiger partial charge in [0.15, 0.2) is 0 Å². The van der Waals surface area contributed by atoms with Crippen LogP contribution in [0, 0.1) is 11.8 Å². The molecule has 3 atom stereocenters. The Hall–Kier alpha value is -0.530. The second kappa shape index (κ2) is 4.12. The average molecular weight is 183 g/mol. The predicted octanol–water partition coefficient (Wildman–Crippen LogP) is 2.29. The molecule has 1 aliphatic heterocycles. The van der Waals surface area contributed by atoms with Gasteiger partial charge in [-0.3, -0.25) is 4.79 Å². The number of carbonyl (C=O) groups excluding carboxylic acids is 1. The van der Waals surface area contributed by atoms with E-state index in [1.54, 1.807) is 0 Å². The van der Waals surface area contributed by atoms with Crippen LogP contribution >= 0.6 is 0 Å². The SMILES string of the molecule is CCN1C(=O)C(C)CC(C)CC1C. The molecule has 1 rings (SSSR count). The Bertz CT molecular complexity index is 191. The van der Waals surface area contributed by atoms with E-state index in [-0.39, 0.29) is 5.92 Å². The number of nitrogens with zero attached hydrogens (tertiary/aromatic N) is 1. The number of rotatable bonds is 1. The standard InChI is InChI=1S/C11H21NO/c1-5-12-10(4)7-8(2)6-9(3)11(12)13/h8-10H,5-7H2,1-4H3. The summed E-state index contributed by atoms with van der Waals surface area (Å²) in [6, 6.07) is 0.428. The molecule has 13 heavy (non-hydrogen) atoms. The summed E-state index contributed by atoms with van der Waals surface area (Å²) in [7, 11) is 0. The molecule has 1 amide bonds. The third kappa shape index (κ3) is 2.23. The molecule has 0 spiro atoms. The summed E-state index contributed by atoms with van der Waals surface area (Å²) in [5.74, 6) is 1.25. The maximum absolute atomic E-state index is 11.9. The lowest BCUT2D eigenvalue weighted by atomic mass is 9.95. The van der Waals surface area contributed by atoms with E-state index in [2.05, 4.69) is 27.7 Å². The lowest BCUT2D eigenvalue weighted by Gasteiger charge is -2.27. The summed E-state index contributed by atoms with van der Waals surface area (Å²) in [5.41, 5.74) is 0. The van der Waals surface area contributed by atoms with Gasteiger partial charge in [-0.05, 0) is 32.6 Å². The number of hydrogen-bond donors (Lipinski definition) is 0. The normalized spacial score (nSPS) is 36.2. The highest BCUT2D eigenvalue weighted by molar-refractivity contribution is 5.79. The van der Waals surface area contributed by atoms with E-state index in [0.717, 1.165) is 19.4 Å². The molecule has 0 saturated carbocycles. The zero-order valence-electron chi connectivity index (χ0n) is 9.21. The van der Waals surface area contributed by atoms with Crippen molar-refractivity contribution in [2.24, 2.45) is 11.8 Å². The number of carbonyl (C=O) groups is 1. The van der Waals surface area contributed by atoms with Crippen LogP contribution in [0.5, 0.6) is 0 Å². The molecule has 3 unspecified atom stereocenters. The van der Waals surface area contributed by atoms with Gasteiger partial charge in [0.05, 0.1) is 0 Å². The Balaban J connectivity index is 2.77. The van der Waals surface area contributed by atoms with Crippen LogP contribution in [0.4, 0.5) is 0 Å². The lowest BCUT2D eigenvalue weighted by Crippen LogP contribution is -2.39. The van der Waals surface area contributed by atoms with Crippen LogP contribution in [0.2, 0.25) is 0 Å². The minimum Gasteiger partial charge on any atom is -0.340 e. The quantitative estimate of drug-likeness (QED) is 0.611. The molecule has 1 heterocycles. The van der Waals surface area contributed by atoms with Crippen molar-refractivity contribution in [3.05, 3.63) is 0 Å². The molecule has 1 fully saturated rings. The Morgan fingerprint density at radius 2 is 1.92 bits per heavy atom. The van der Waals surface area contributed by atoms with Gasteiger partial charge in [-0.15, -0.1) is 0 Å². The molecule has 0 aromatic rings. The van der Waals surface area contributed by atoms with Gasteiger partial charge in [0.25, 0.3) is 0 Å². The summed E-state index contributed by atoms with van der Waals surface area (Å²) in [6.45, 7) is 9.39. The number of likely N-dealkylation sites (tertiary alicyclic amines) is 1. The zero-order chi connectivity index (χ0) is 10.0. The molecule has 1 saturated heterocycles. The van der Waals surface area contributed by atoms with Gasteiger partial charge < -0.3 is 4.90 Å². The van der Waals surface area contributed by atoms with Gasteiger partial charge >= 0.3 is 0 Å². The molecule has 76 valence electrons. The topological polar surface area (TPSA) is 20.3 Å². The van der Waals surface area contributed by atoms with Crippen molar-refractivity contribution >= 4 is 5.91 Å². The monoisotopic (exact) mass is 183 g/mol. The van der Waals surface area contributed by atoms with Crippen LogP contribution < -0.4 is 0 Å². The minimum atomic E-state index is 0.222. The van der Waals surface area contributed by atoms with Gasteiger partial charge in [0, 0.05) is 18.5 Å². The van der Waals surface area contributed by atoms with Crippen molar-refractivity contribution < 1.29 is 4.79 Å². The molecular formula is C11H21NO. The van der Waals surface area contributed by atoms with E-state index >= 15 is 0 Å². The molecule has 0 aromatic heterocycles. The fraction of sp³-hybridized carbons (Fsp3) is 0.909. The van der Waals surface area contributed by atoms with Gasteiger partial charge in [-0.1, -0.05) is 13.8 Å². The fourth-order valence-corrected chi connectivity index (χ4v) is 2.48. The van der Waals surface area contributed by atoms with E-state index < -0.39 is 0 Å². The Morgan fingerprint density at radius 1 is 1.31 bits per heavy atom. The van der Waals surface area contributed by atoms with E-state index in [0.29, 0.717) is 17.9 Å². The molecule has 0 radical (unpaired) electrons. The van der Waals surface area contributed by atoms with Gasteiger partial charge in [0.2, 0.25) is 5.91 Å². The van der Waals surface area contributed by atoms with E-state index in [4.69, 9.17) is 0 Å². The summed E-state index contributed by atoms with van der Waals surface area (Å²) in [5, 5.41) is 0. The van der Waals surface area contributed by atoms with Crippen molar-refractivity contribution in [1.29, 1.82) is 0 Å². The highest BCUT2D eigenvalue weighted by Crippen LogP contribution is 2.26. The second-order valence-electron chi connectivity index (χ2n) is 4.45. The van der Waals surface area contributed by atoms with Crippen LogP contribution in [0.3, 0.4) is 0 Å². The van der Waals surface area contributed by atoms with Crippen LogP contribution in [0.15, 0.2) is 0 Å². The van der Waals surface area contributed by atoms with Crippen LogP contribution in [-0.2, 0) is 4.79 Å². The van der Waals surface area contributed by atoms with Gasteiger partial charge in [-0.25, -0.2) is 0 Å². The first-order chi connectivity index (χ1) is 6.06. The Morgan fingerprint density at radius 3 is 2.46 bits per heavy atom. The van der Waals surface area contributed by atoms with Crippen LogP contribution in [0.1, 0.15) is 40.5 Å². The second-order valence-corrected chi connectivity index (χ2v) is 4.45. The van der Waals surface area contributed by atoms with Crippen LogP contribution in [0.25, 0.3) is 0 Å². The lowest BCUT2D eigenvalue weighted by molar-refractivity contribution is -0.135. The molecule has 0 N–H and O–H groups in total. The Labute approximate surface area is 81.3 Å². The van der Waals surface area contributed by atoms with Crippen LogP contribution in [-0.4, -0.2) is 23.4 Å². The Kier molecular flexibility index (Phi) is 3.34. The summed E-state index contributed by atoms with van der Waals surface area (Å²) < 4.78 is 0. The molecule has 0 aromatic carbocycles. The van der Waals surface area contributed by atoms with Crippen molar-refractivity contribution in [2.75, 3.05) is 6.54 Å². The summed E-state index contributed by atoms with van der Waals surface area (Å²) >= 11 is 0. The van der Waals surface area contributed by atoms with E-state index in [9.17, 15) is 4.79 Å². The van der Waals surface area contributed by atoms with Gasteiger partial charge in [0.1, 0.15) is 0 Å². The highest BCUT2D eigenvalue weighted by Gasteiger charge is 2.29. The van der Waals surface area contributed by atoms with Crippen molar-refractivity contribution in [1.82, 2.24) is 4.90 Å². The number of hydrogen-bond acceptors (Lipinski definition) is 1. The maximum Gasteiger partial charge on any atom is 0.225 e. The third-order valence-corrected chi connectivity index (χ3v) is 3.08. The third-order valence-electron chi connectivity index (χ3n) is 3.08. The number of amides is 1. The first-order valence-corrected chi connectivity index (χ1v) is 5.36. The van der Waals surface area contributed by atoms with E-state index in [1.165, 1.54) is 0 Å². The molecule has 0 bridgehead atoms. The summed E-state index contributed by atoms with van der Waals surface area (Å²) in [6.07, 6.45) is 2.21. The molecule has 1 aliphatic rings. The maximum atomic E-state index is 11.9. The van der Waals surface area contributed by atoms with Crippen molar-refractivity contribution in [2.45, 2.75) is 46.6 Å². The van der Waals surface area contributed by atoms with Crippen molar-refractivity contribution in [3.8, 4) is 0 Å². The van der Waals surface area contributed by atoms with E-state index in [1.807, 2.05) is 4.90 Å². The zero-order valence-corrected chi connectivity index (χ0v) is 9.21. The first kappa shape index (κ1) is 10.6. The fourth-order valence-electron chi connectivity index (χ4n) is 2.48. The van der Waals surface area contributed by atoms with Gasteiger partial charge in [-0.2, -0.15) is 0 Å². The van der Waals surface area contributed by atoms with Crippen molar-refractivity contribution in [3.63, 3.8) is 0 Å². The first-order valence-electron chi connectivity index (χ1n) is 5.36. The molecule has 0 aliphatic carbocycles. The minimum absolute atomic E-state index is 0.222. The molecular weight excluding hydrogens is 162 g/mol. The molecule has 2 nitrogen and oxygen atoms in total. The predicted molar refractivity (Wildman–Crippen MR) is 54.4 cm³/mol. The average Bonchev–Trinajstić information content (AvgIpc) is 2.11.